The molecule has 0 aliphatic rings. The molecule has 0 unspecified atom stereocenters. The number of anilines is 3. The van der Waals surface area contributed by atoms with Crippen molar-refractivity contribution < 1.29 is 19.4 Å². The van der Waals surface area contributed by atoms with Crippen LogP contribution >= 0.6 is 0 Å². The van der Waals surface area contributed by atoms with E-state index in [9.17, 15) is 19.5 Å². The van der Waals surface area contributed by atoms with E-state index in [2.05, 4.69) is 30.9 Å². The average Bonchev–Trinajstić information content (AvgIpc) is 2.84. The van der Waals surface area contributed by atoms with Crippen LogP contribution in [-0.2, 0) is 11.2 Å². The molecule has 2 aromatic heterocycles. The van der Waals surface area contributed by atoms with Gasteiger partial charge in [-0.25, -0.2) is 14.6 Å². The standard InChI is InChI=1S/C29H41N7O5/c1-28(2,3)36(27(39)40)17-8-11-19-10-7-12-20(18-19)33-23-22-21(13-16-30-24(22)37)34-25(35-23)31-14-9-15-32-26(38)41-29(4,5)6/h7,10,12-13,16,18H,8-9,11,14-15,17H2,1-6H3,(H,30,37)(H,32,38)(H,39,40)(H2,31,33,34,35). The van der Waals surface area contributed by atoms with E-state index in [1.807, 2.05) is 45.0 Å². The Morgan fingerprint density at radius 2 is 1.80 bits per heavy atom. The van der Waals surface area contributed by atoms with E-state index in [0.717, 1.165) is 11.3 Å². The first kappa shape index (κ1) is 31.2. The number of hydrogen-bond acceptors (Lipinski definition) is 8. The number of carbonyl (C=O) groups is 2. The molecule has 1 aromatic carbocycles. The first-order chi connectivity index (χ1) is 19.2. The van der Waals surface area contributed by atoms with Gasteiger partial charge in [0.25, 0.3) is 5.56 Å². The summed E-state index contributed by atoms with van der Waals surface area (Å²) in [5.41, 5.74) is 0.895. The smallest absolute Gasteiger partial charge is 0.407 e. The normalized spacial score (nSPS) is 11.7. The minimum atomic E-state index is -0.933. The fourth-order valence-electron chi connectivity index (χ4n) is 4.15. The number of H-pyrrole nitrogens is 1. The maximum Gasteiger partial charge on any atom is 0.407 e. The highest BCUT2D eigenvalue weighted by Gasteiger charge is 2.25. The molecule has 0 saturated carbocycles. The van der Waals surface area contributed by atoms with E-state index in [-0.39, 0.29) is 5.56 Å². The summed E-state index contributed by atoms with van der Waals surface area (Å²) < 4.78 is 5.24. The van der Waals surface area contributed by atoms with Crippen LogP contribution < -0.4 is 21.5 Å². The Kier molecular flexibility index (Phi) is 10.1. The number of carbonyl (C=O) groups excluding carboxylic acids is 1. The molecule has 2 heterocycles. The number of pyridine rings is 1. The van der Waals surface area contributed by atoms with E-state index in [0.29, 0.717) is 61.6 Å². The number of ether oxygens (including phenoxy) is 1. The molecule has 12 heteroatoms. The zero-order chi connectivity index (χ0) is 30.2. The number of nitrogens with zero attached hydrogens (tertiary/aromatic N) is 3. The number of carboxylic acid groups (broad SMARTS) is 1. The lowest BCUT2D eigenvalue weighted by Crippen LogP contribution is -2.45. The molecule has 0 aliphatic carbocycles. The van der Waals surface area contributed by atoms with Crippen molar-refractivity contribution in [2.75, 3.05) is 30.3 Å². The molecule has 5 N–H and O–H groups in total. The van der Waals surface area contributed by atoms with Crippen molar-refractivity contribution in [1.82, 2.24) is 25.2 Å². The Morgan fingerprint density at radius 1 is 1.05 bits per heavy atom. The summed E-state index contributed by atoms with van der Waals surface area (Å²) in [4.78, 5) is 49.3. The number of alkyl carbamates (subject to hydrolysis) is 1. The molecule has 0 radical (unpaired) electrons. The number of amides is 2. The second kappa shape index (κ2) is 13.3. The quantitative estimate of drug-likeness (QED) is 0.198. The van der Waals surface area contributed by atoms with Gasteiger partial charge in [0, 0.05) is 37.1 Å². The predicted molar refractivity (Wildman–Crippen MR) is 160 cm³/mol. The van der Waals surface area contributed by atoms with Gasteiger partial charge in [-0.3, -0.25) is 4.79 Å². The van der Waals surface area contributed by atoms with Gasteiger partial charge < -0.3 is 35.7 Å². The maximum absolute atomic E-state index is 12.7. The highest BCUT2D eigenvalue weighted by molar-refractivity contribution is 5.90. The van der Waals surface area contributed by atoms with Crippen molar-refractivity contribution in [1.29, 1.82) is 0 Å². The van der Waals surface area contributed by atoms with E-state index in [1.165, 1.54) is 11.1 Å². The van der Waals surface area contributed by atoms with Gasteiger partial charge in [-0.15, -0.1) is 0 Å². The lowest BCUT2D eigenvalue weighted by Gasteiger charge is -2.33. The number of fused-ring (bicyclic) bond motifs is 1. The number of rotatable bonds is 11. The van der Waals surface area contributed by atoms with Crippen molar-refractivity contribution in [3.05, 3.63) is 52.4 Å². The van der Waals surface area contributed by atoms with E-state index >= 15 is 0 Å². The first-order valence-corrected chi connectivity index (χ1v) is 13.7. The predicted octanol–water partition coefficient (Wildman–Crippen LogP) is 5.10. The molecule has 3 rings (SSSR count). The zero-order valence-corrected chi connectivity index (χ0v) is 24.6. The minimum absolute atomic E-state index is 0.315. The lowest BCUT2D eigenvalue weighted by molar-refractivity contribution is 0.0527. The van der Waals surface area contributed by atoms with Crippen LogP contribution in [0.25, 0.3) is 10.9 Å². The molecule has 0 spiro atoms. The van der Waals surface area contributed by atoms with Crippen LogP contribution in [0.2, 0.25) is 0 Å². The van der Waals surface area contributed by atoms with Crippen LogP contribution in [0.1, 0.15) is 59.9 Å². The van der Waals surface area contributed by atoms with Crippen molar-refractivity contribution >= 4 is 40.5 Å². The number of hydrogen-bond donors (Lipinski definition) is 5. The van der Waals surface area contributed by atoms with Crippen molar-refractivity contribution in [2.45, 2.75) is 71.9 Å². The van der Waals surface area contributed by atoms with Crippen LogP contribution in [0.4, 0.5) is 27.0 Å². The van der Waals surface area contributed by atoms with Crippen LogP contribution in [0.5, 0.6) is 0 Å². The fourth-order valence-corrected chi connectivity index (χ4v) is 4.15. The number of benzene rings is 1. The van der Waals surface area contributed by atoms with Gasteiger partial charge in [-0.1, -0.05) is 12.1 Å². The van der Waals surface area contributed by atoms with Gasteiger partial charge >= 0.3 is 12.2 Å². The third-order valence-corrected chi connectivity index (χ3v) is 6.00. The van der Waals surface area contributed by atoms with E-state index in [4.69, 9.17) is 4.74 Å². The summed E-state index contributed by atoms with van der Waals surface area (Å²) in [6.45, 7) is 12.4. The molecule has 41 heavy (non-hydrogen) atoms. The third-order valence-electron chi connectivity index (χ3n) is 6.00. The fraction of sp³-hybridized carbons (Fsp3) is 0.483. The van der Waals surface area contributed by atoms with Crippen molar-refractivity contribution in [3.63, 3.8) is 0 Å². The number of aryl methyl sites for hydroxylation is 1. The summed E-state index contributed by atoms with van der Waals surface area (Å²) in [6, 6.07) is 9.43. The van der Waals surface area contributed by atoms with Crippen molar-refractivity contribution in [2.24, 2.45) is 0 Å². The summed E-state index contributed by atoms with van der Waals surface area (Å²) in [6.07, 6.45) is 2.09. The number of aromatic nitrogens is 3. The van der Waals surface area contributed by atoms with Gasteiger partial charge in [-0.05, 0) is 84.6 Å². The third kappa shape index (κ3) is 9.66. The molecule has 0 atom stereocenters. The second-order valence-corrected chi connectivity index (χ2v) is 11.7. The largest absolute Gasteiger partial charge is 0.465 e. The van der Waals surface area contributed by atoms with E-state index < -0.39 is 23.3 Å². The molecular formula is C29H41N7O5. The number of aromatic amines is 1. The molecule has 0 bridgehead atoms. The van der Waals surface area contributed by atoms with Crippen LogP contribution in [0.15, 0.2) is 41.3 Å². The SMILES string of the molecule is CC(C)(C)OC(=O)NCCCNc1nc(Nc2cccc(CCCN(C(=O)O)C(C)(C)C)c2)c2c(=O)[nH]ccc2n1. The van der Waals surface area contributed by atoms with E-state index in [1.54, 1.807) is 26.8 Å². The lowest BCUT2D eigenvalue weighted by atomic mass is 10.0. The molecule has 12 nitrogen and oxygen atoms in total. The van der Waals surface area contributed by atoms with Gasteiger partial charge in [0.15, 0.2) is 0 Å². The van der Waals surface area contributed by atoms with Crippen molar-refractivity contribution in [3.8, 4) is 0 Å². The van der Waals surface area contributed by atoms with Crippen LogP contribution in [0.3, 0.4) is 0 Å². The molecule has 0 aliphatic heterocycles. The van der Waals surface area contributed by atoms with Crippen LogP contribution in [0, 0.1) is 0 Å². The summed E-state index contributed by atoms with van der Waals surface area (Å²) in [5.74, 6) is 0.697. The first-order valence-electron chi connectivity index (χ1n) is 13.7. The summed E-state index contributed by atoms with van der Waals surface area (Å²) in [7, 11) is 0. The average molecular weight is 568 g/mol. The molecule has 222 valence electrons. The van der Waals surface area contributed by atoms with Gasteiger partial charge in [-0.2, -0.15) is 4.98 Å². The zero-order valence-electron chi connectivity index (χ0n) is 24.6. The summed E-state index contributed by atoms with van der Waals surface area (Å²) >= 11 is 0. The van der Waals surface area contributed by atoms with Gasteiger partial charge in [0.1, 0.15) is 16.8 Å². The molecule has 0 fully saturated rings. The highest BCUT2D eigenvalue weighted by Crippen LogP contribution is 2.24. The van der Waals surface area contributed by atoms with Crippen LogP contribution in [-0.4, -0.2) is 67.9 Å². The Hall–Kier alpha value is -4.35. The Labute approximate surface area is 239 Å². The second-order valence-electron chi connectivity index (χ2n) is 11.7. The summed E-state index contributed by atoms with van der Waals surface area (Å²) in [5, 5.41) is 19.0. The topological polar surface area (TPSA) is 162 Å². The molecule has 3 aromatic rings. The van der Waals surface area contributed by atoms with Gasteiger partial charge in [0.05, 0.1) is 5.52 Å². The minimum Gasteiger partial charge on any atom is -0.465 e. The Bertz CT molecular complexity index is 1410. The highest BCUT2D eigenvalue weighted by atomic mass is 16.6. The molecule has 0 saturated heterocycles. The van der Waals surface area contributed by atoms with Gasteiger partial charge in [0.2, 0.25) is 5.95 Å². The molecule has 2 amide bonds. The number of nitrogens with one attached hydrogen (secondary N) is 4. The maximum atomic E-state index is 12.7. The Balaban J connectivity index is 1.68. The monoisotopic (exact) mass is 567 g/mol. The Morgan fingerprint density at radius 3 is 2.49 bits per heavy atom. The molecular weight excluding hydrogens is 526 g/mol.